The minimum absolute atomic E-state index is 0.0683. The Labute approximate surface area is 106 Å². The van der Waals surface area contributed by atoms with Crippen LogP contribution in [-0.2, 0) is 4.74 Å². The number of amides is 1. The number of hydrogen-bond acceptors (Lipinski definition) is 5. The van der Waals surface area contributed by atoms with Crippen LogP contribution < -0.4 is 16.6 Å². The van der Waals surface area contributed by atoms with Gasteiger partial charge in [-0.05, 0) is 31.4 Å². The van der Waals surface area contributed by atoms with Crippen molar-refractivity contribution in [3.63, 3.8) is 0 Å². The van der Waals surface area contributed by atoms with Gasteiger partial charge in [-0.1, -0.05) is 6.07 Å². The first kappa shape index (κ1) is 12.8. The normalized spacial score (nSPS) is 22.8. The van der Waals surface area contributed by atoms with E-state index < -0.39 is 0 Å². The molecule has 1 aromatic rings. The van der Waals surface area contributed by atoms with Gasteiger partial charge in [0.15, 0.2) is 0 Å². The highest BCUT2D eigenvalue weighted by Crippen LogP contribution is 2.21. The van der Waals surface area contributed by atoms with Crippen LogP contribution in [0.2, 0.25) is 0 Å². The number of ether oxygens (including phenoxy) is 1. The van der Waals surface area contributed by atoms with Crippen LogP contribution in [0.25, 0.3) is 0 Å². The van der Waals surface area contributed by atoms with Crippen LogP contribution >= 0.6 is 0 Å². The molecule has 0 bridgehead atoms. The van der Waals surface area contributed by atoms with Crippen molar-refractivity contribution in [2.24, 2.45) is 5.84 Å². The van der Waals surface area contributed by atoms with Crippen LogP contribution in [-0.4, -0.2) is 30.1 Å². The molecule has 1 heterocycles. The van der Waals surface area contributed by atoms with E-state index in [1.807, 2.05) is 0 Å². The fourth-order valence-corrected chi connectivity index (χ4v) is 2.26. The van der Waals surface area contributed by atoms with Gasteiger partial charge >= 0.3 is 0 Å². The Balaban J connectivity index is 2.02. The van der Waals surface area contributed by atoms with Crippen LogP contribution in [0.4, 0.5) is 5.82 Å². The third-order valence-corrected chi connectivity index (χ3v) is 3.20. The van der Waals surface area contributed by atoms with Gasteiger partial charge < -0.3 is 15.5 Å². The molecule has 1 amide bonds. The van der Waals surface area contributed by atoms with E-state index in [4.69, 9.17) is 10.6 Å². The van der Waals surface area contributed by atoms with Gasteiger partial charge in [-0.2, -0.15) is 0 Å². The van der Waals surface area contributed by atoms with E-state index in [1.54, 1.807) is 25.3 Å². The van der Waals surface area contributed by atoms with Gasteiger partial charge in [0.2, 0.25) is 0 Å². The molecule has 18 heavy (non-hydrogen) atoms. The number of rotatable bonds is 4. The van der Waals surface area contributed by atoms with E-state index >= 15 is 0 Å². The van der Waals surface area contributed by atoms with Crippen molar-refractivity contribution in [2.75, 3.05) is 12.5 Å². The van der Waals surface area contributed by atoms with E-state index in [-0.39, 0.29) is 18.1 Å². The molecule has 4 N–H and O–H groups in total. The lowest BCUT2D eigenvalue weighted by atomic mass is 10.2. The standard InChI is InChI=1S/C12H18N4O2/c1-18-10-6-2-4-8(10)15-12(17)9-5-3-7-11(14-9)16-13/h3,5,7-8,10H,2,4,6,13H2,1H3,(H,14,16)(H,15,17). The second-order valence-electron chi connectivity index (χ2n) is 4.34. The first-order valence-electron chi connectivity index (χ1n) is 6.02. The topological polar surface area (TPSA) is 89.3 Å². The maximum atomic E-state index is 12.0. The number of anilines is 1. The van der Waals surface area contributed by atoms with E-state index in [2.05, 4.69) is 15.7 Å². The highest BCUT2D eigenvalue weighted by atomic mass is 16.5. The third-order valence-electron chi connectivity index (χ3n) is 3.20. The summed E-state index contributed by atoms with van der Waals surface area (Å²) >= 11 is 0. The number of pyridine rings is 1. The Morgan fingerprint density at radius 3 is 3.06 bits per heavy atom. The minimum atomic E-state index is -0.193. The van der Waals surface area contributed by atoms with Crippen molar-refractivity contribution in [2.45, 2.75) is 31.4 Å². The molecule has 0 saturated heterocycles. The molecule has 1 aliphatic carbocycles. The number of nitrogens with two attached hydrogens (primary N) is 1. The average molecular weight is 250 g/mol. The van der Waals surface area contributed by atoms with Gasteiger partial charge in [-0.3, -0.25) is 4.79 Å². The predicted molar refractivity (Wildman–Crippen MR) is 67.9 cm³/mol. The maximum Gasteiger partial charge on any atom is 0.270 e. The molecule has 0 radical (unpaired) electrons. The number of carbonyl (C=O) groups excluding carboxylic acids is 1. The maximum absolute atomic E-state index is 12.0. The van der Waals surface area contributed by atoms with Crippen molar-refractivity contribution >= 4 is 11.7 Å². The first-order chi connectivity index (χ1) is 8.74. The van der Waals surface area contributed by atoms with Crippen molar-refractivity contribution in [3.8, 4) is 0 Å². The number of hydrogen-bond donors (Lipinski definition) is 3. The Kier molecular flexibility index (Phi) is 4.11. The molecule has 0 aliphatic heterocycles. The molecule has 1 aliphatic rings. The molecule has 2 rings (SSSR count). The Morgan fingerprint density at radius 2 is 2.33 bits per heavy atom. The highest BCUT2D eigenvalue weighted by molar-refractivity contribution is 5.92. The summed E-state index contributed by atoms with van der Waals surface area (Å²) in [7, 11) is 1.67. The molecular weight excluding hydrogens is 232 g/mol. The second kappa shape index (κ2) is 5.79. The quantitative estimate of drug-likeness (QED) is 0.539. The highest BCUT2D eigenvalue weighted by Gasteiger charge is 2.28. The first-order valence-corrected chi connectivity index (χ1v) is 6.02. The molecule has 6 heteroatoms. The van der Waals surface area contributed by atoms with Crippen LogP contribution in [0.3, 0.4) is 0 Å². The van der Waals surface area contributed by atoms with Crippen molar-refractivity contribution in [3.05, 3.63) is 23.9 Å². The smallest absolute Gasteiger partial charge is 0.270 e. The summed E-state index contributed by atoms with van der Waals surface area (Å²) in [4.78, 5) is 16.1. The zero-order valence-electron chi connectivity index (χ0n) is 10.3. The number of nitrogens with one attached hydrogen (secondary N) is 2. The molecule has 0 aromatic carbocycles. The second-order valence-corrected chi connectivity index (χ2v) is 4.34. The molecular formula is C12H18N4O2. The van der Waals surface area contributed by atoms with Crippen molar-refractivity contribution in [1.82, 2.24) is 10.3 Å². The summed E-state index contributed by atoms with van der Waals surface area (Å²) in [5, 5.41) is 2.95. The van der Waals surface area contributed by atoms with E-state index in [9.17, 15) is 4.79 Å². The van der Waals surface area contributed by atoms with E-state index in [0.717, 1.165) is 19.3 Å². The van der Waals surface area contributed by atoms with E-state index in [1.165, 1.54) is 0 Å². The number of carbonyl (C=O) groups is 1. The zero-order valence-corrected chi connectivity index (χ0v) is 10.3. The lowest BCUT2D eigenvalue weighted by Crippen LogP contribution is -2.41. The average Bonchev–Trinajstić information content (AvgIpc) is 2.86. The Morgan fingerprint density at radius 1 is 1.50 bits per heavy atom. The summed E-state index contributed by atoms with van der Waals surface area (Å²) in [5.74, 6) is 5.54. The van der Waals surface area contributed by atoms with E-state index in [0.29, 0.717) is 11.5 Å². The summed E-state index contributed by atoms with van der Waals surface area (Å²) in [6, 6.07) is 5.16. The third kappa shape index (κ3) is 2.77. The Bertz CT molecular complexity index is 424. The molecule has 1 saturated carbocycles. The summed E-state index contributed by atoms with van der Waals surface area (Å²) < 4.78 is 5.34. The minimum Gasteiger partial charge on any atom is -0.379 e. The lowest BCUT2D eigenvalue weighted by molar-refractivity contribution is 0.0719. The number of nitrogen functional groups attached to an aromatic ring is 1. The van der Waals surface area contributed by atoms with Crippen LogP contribution in [0.1, 0.15) is 29.8 Å². The van der Waals surface area contributed by atoms with Gasteiger partial charge in [0.1, 0.15) is 11.5 Å². The van der Waals surface area contributed by atoms with Gasteiger partial charge in [0.25, 0.3) is 5.91 Å². The lowest BCUT2D eigenvalue weighted by Gasteiger charge is -2.19. The van der Waals surface area contributed by atoms with Gasteiger partial charge in [-0.25, -0.2) is 10.8 Å². The van der Waals surface area contributed by atoms with Crippen LogP contribution in [0.15, 0.2) is 18.2 Å². The fraction of sp³-hybridized carbons (Fsp3) is 0.500. The monoisotopic (exact) mass is 250 g/mol. The molecule has 98 valence electrons. The summed E-state index contributed by atoms with van der Waals surface area (Å²) in [5.41, 5.74) is 2.77. The Hall–Kier alpha value is -1.66. The van der Waals surface area contributed by atoms with Crippen molar-refractivity contribution < 1.29 is 9.53 Å². The largest absolute Gasteiger partial charge is 0.379 e. The predicted octanol–water partition coefficient (Wildman–Crippen LogP) is 0.665. The SMILES string of the molecule is COC1CCCC1NC(=O)c1cccc(NN)n1. The molecule has 2 atom stereocenters. The molecule has 1 fully saturated rings. The summed E-state index contributed by atoms with van der Waals surface area (Å²) in [6.45, 7) is 0. The molecule has 2 unspecified atom stereocenters. The molecule has 6 nitrogen and oxygen atoms in total. The van der Waals surface area contributed by atoms with Gasteiger partial charge in [0.05, 0.1) is 12.1 Å². The van der Waals surface area contributed by atoms with Gasteiger partial charge in [-0.15, -0.1) is 0 Å². The molecule has 1 aromatic heterocycles. The van der Waals surface area contributed by atoms with Gasteiger partial charge in [0, 0.05) is 7.11 Å². The fourth-order valence-electron chi connectivity index (χ4n) is 2.26. The van der Waals surface area contributed by atoms with Crippen molar-refractivity contribution in [1.29, 1.82) is 0 Å². The number of aromatic nitrogens is 1. The van der Waals surface area contributed by atoms with Crippen LogP contribution in [0.5, 0.6) is 0 Å². The zero-order chi connectivity index (χ0) is 13.0. The molecule has 0 spiro atoms. The summed E-state index contributed by atoms with van der Waals surface area (Å²) in [6.07, 6.45) is 3.10. The number of nitrogens with zero attached hydrogens (tertiary/aromatic N) is 1. The number of methoxy groups -OCH3 is 1. The number of hydrazine groups is 1. The van der Waals surface area contributed by atoms with Crippen LogP contribution in [0, 0.1) is 0 Å².